The molecule has 1 aromatic rings. The summed E-state index contributed by atoms with van der Waals surface area (Å²) in [6, 6.07) is 3.46. The minimum absolute atomic E-state index is 0.125. The molecule has 2 heterocycles. The molecule has 6 heteroatoms. The van der Waals surface area contributed by atoms with Gasteiger partial charge in [0, 0.05) is 31.2 Å². The summed E-state index contributed by atoms with van der Waals surface area (Å²) in [7, 11) is 0. The van der Waals surface area contributed by atoms with E-state index in [-0.39, 0.29) is 11.3 Å². The molecule has 1 aromatic heterocycles. The number of nitrogens with zero attached hydrogens (tertiary/aromatic N) is 3. The van der Waals surface area contributed by atoms with E-state index in [1.807, 2.05) is 0 Å². The molecule has 6 nitrogen and oxygen atoms in total. The largest absolute Gasteiger partial charge is 0.378 e. The Morgan fingerprint density at radius 1 is 1.33 bits per heavy atom. The molecule has 1 saturated heterocycles. The SMILES string of the molecule is CC1(C)CC(N2CCOCC2)=CC(=NNC(=O)c2cccnc2)C1. The van der Waals surface area contributed by atoms with Crippen LogP contribution in [0.2, 0.25) is 0 Å². The van der Waals surface area contributed by atoms with Gasteiger partial charge in [0.15, 0.2) is 0 Å². The number of hydrogen-bond donors (Lipinski definition) is 1. The number of amides is 1. The first-order valence-corrected chi connectivity index (χ1v) is 8.34. The molecule has 1 N–H and O–H groups in total. The van der Waals surface area contributed by atoms with Crippen molar-refractivity contribution in [1.29, 1.82) is 0 Å². The van der Waals surface area contributed by atoms with Gasteiger partial charge in [-0.1, -0.05) is 13.8 Å². The van der Waals surface area contributed by atoms with E-state index in [0.717, 1.165) is 44.9 Å². The summed E-state index contributed by atoms with van der Waals surface area (Å²) in [5.41, 5.74) is 5.47. The molecule has 0 radical (unpaired) electrons. The lowest BCUT2D eigenvalue weighted by Crippen LogP contribution is -2.39. The molecule has 1 fully saturated rings. The Bertz CT molecular complexity index is 646. The molecule has 24 heavy (non-hydrogen) atoms. The van der Waals surface area contributed by atoms with E-state index in [1.165, 1.54) is 11.9 Å². The molecule has 0 unspecified atom stereocenters. The Labute approximate surface area is 142 Å². The fraction of sp³-hybridized carbons (Fsp3) is 0.500. The monoisotopic (exact) mass is 328 g/mol. The third-order valence-electron chi connectivity index (χ3n) is 4.29. The van der Waals surface area contributed by atoms with Gasteiger partial charge in [0.05, 0.1) is 24.5 Å². The first-order chi connectivity index (χ1) is 11.5. The topological polar surface area (TPSA) is 66.8 Å². The molecule has 0 bridgehead atoms. The first-order valence-electron chi connectivity index (χ1n) is 8.34. The second kappa shape index (κ2) is 7.13. The Kier molecular flexibility index (Phi) is 4.94. The Morgan fingerprint density at radius 3 is 2.83 bits per heavy atom. The van der Waals surface area contributed by atoms with Crippen molar-refractivity contribution in [3.05, 3.63) is 41.9 Å². The van der Waals surface area contributed by atoms with Crippen molar-refractivity contribution < 1.29 is 9.53 Å². The third kappa shape index (κ3) is 4.20. The molecular formula is C18H24N4O2. The molecule has 3 rings (SSSR count). The lowest BCUT2D eigenvalue weighted by molar-refractivity contribution is 0.0491. The van der Waals surface area contributed by atoms with Crippen molar-refractivity contribution >= 4 is 11.6 Å². The van der Waals surface area contributed by atoms with E-state index in [1.54, 1.807) is 18.3 Å². The number of ether oxygens (including phenoxy) is 1. The average molecular weight is 328 g/mol. The smallest absolute Gasteiger partial charge is 0.272 e. The minimum atomic E-state index is -0.236. The fourth-order valence-corrected chi connectivity index (χ4v) is 3.15. The van der Waals surface area contributed by atoms with Gasteiger partial charge in [0.1, 0.15) is 0 Å². The highest BCUT2D eigenvalue weighted by Crippen LogP contribution is 2.35. The standard InChI is InChI=1S/C18H24N4O2/c1-18(2)11-15(10-16(12-18)22-6-8-24-9-7-22)20-21-17(23)14-4-3-5-19-13-14/h3-5,10,13H,6-9,11-12H2,1-2H3,(H,21,23). The maximum Gasteiger partial charge on any atom is 0.272 e. The van der Waals surface area contributed by atoms with Gasteiger partial charge in [-0.15, -0.1) is 0 Å². The number of allylic oxidation sites excluding steroid dienone is 2. The average Bonchev–Trinajstić information content (AvgIpc) is 2.60. The van der Waals surface area contributed by atoms with Crippen LogP contribution in [0.5, 0.6) is 0 Å². The van der Waals surface area contributed by atoms with Crippen LogP contribution in [0, 0.1) is 5.41 Å². The summed E-state index contributed by atoms with van der Waals surface area (Å²) in [5, 5.41) is 4.36. The highest BCUT2D eigenvalue weighted by atomic mass is 16.5. The maximum atomic E-state index is 12.1. The van der Waals surface area contributed by atoms with E-state index < -0.39 is 0 Å². The summed E-state index contributed by atoms with van der Waals surface area (Å²) in [6.45, 7) is 7.83. The highest BCUT2D eigenvalue weighted by Gasteiger charge is 2.29. The molecule has 0 saturated carbocycles. The third-order valence-corrected chi connectivity index (χ3v) is 4.29. The van der Waals surface area contributed by atoms with Gasteiger partial charge in [-0.2, -0.15) is 5.10 Å². The predicted molar refractivity (Wildman–Crippen MR) is 92.6 cm³/mol. The van der Waals surface area contributed by atoms with E-state index >= 15 is 0 Å². The lowest BCUT2D eigenvalue weighted by Gasteiger charge is -2.38. The van der Waals surface area contributed by atoms with E-state index in [2.05, 4.69) is 40.3 Å². The van der Waals surface area contributed by atoms with Crippen molar-refractivity contribution in [3.63, 3.8) is 0 Å². The van der Waals surface area contributed by atoms with Gasteiger partial charge < -0.3 is 9.64 Å². The first kappa shape index (κ1) is 16.6. The van der Waals surface area contributed by atoms with Crippen LogP contribution >= 0.6 is 0 Å². The molecule has 1 amide bonds. The number of aromatic nitrogens is 1. The van der Waals surface area contributed by atoms with Gasteiger partial charge in [0.25, 0.3) is 5.91 Å². The molecule has 1 aliphatic carbocycles. The second-order valence-corrected chi connectivity index (χ2v) is 7.04. The number of carbonyl (C=O) groups is 1. The van der Waals surface area contributed by atoms with Gasteiger partial charge in [-0.3, -0.25) is 9.78 Å². The van der Waals surface area contributed by atoms with Crippen molar-refractivity contribution in [2.75, 3.05) is 26.3 Å². The van der Waals surface area contributed by atoms with Crippen molar-refractivity contribution in [3.8, 4) is 0 Å². The van der Waals surface area contributed by atoms with Crippen LogP contribution in [0.1, 0.15) is 37.0 Å². The summed E-state index contributed by atoms with van der Waals surface area (Å²) < 4.78 is 5.44. The van der Waals surface area contributed by atoms with Crippen LogP contribution in [0.3, 0.4) is 0 Å². The Balaban J connectivity index is 1.74. The van der Waals surface area contributed by atoms with Crippen LogP contribution in [-0.2, 0) is 4.74 Å². The van der Waals surface area contributed by atoms with E-state index in [9.17, 15) is 4.79 Å². The van der Waals surface area contributed by atoms with Crippen LogP contribution < -0.4 is 5.43 Å². The second-order valence-electron chi connectivity index (χ2n) is 7.04. The maximum absolute atomic E-state index is 12.1. The zero-order chi connectivity index (χ0) is 17.0. The van der Waals surface area contributed by atoms with Crippen LogP contribution in [0.25, 0.3) is 0 Å². The number of hydrogen-bond acceptors (Lipinski definition) is 5. The van der Waals surface area contributed by atoms with E-state index in [0.29, 0.717) is 5.56 Å². The number of rotatable bonds is 3. The molecule has 0 aromatic carbocycles. The van der Waals surface area contributed by atoms with Gasteiger partial charge >= 0.3 is 0 Å². The molecular weight excluding hydrogens is 304 g/mol. The molecule has 0 atom stereocenters. The molecule has 2 aliphatic rings. The van der Waals surface area contributed by atoms with Crippen molar-refractivity contribution in [2.24, 2.45) is 10.5 Å². The molecule has 0 spiro atoms. The lowest BCUT2D eigenvalue weighted by atomic mass is 9.78. The molecule has 128 valence electrons. The summed E-state index contributed by atoms with van der Waals surface area (Å²) >= 11 is 0. The number of morpholine rings is 1. The number of carbonyl (C=O) groups excluding carboxylic acids is 1. The van der Waals surface area contributed by atoms with Gasteiger partial charge in [0.2, 0.25) is 0 Å². The van der Waals surface area contributed by atoms with Crippen LogP contribution in [0.4, 0.5) is 0 Å². The minimum Gasteiger partial charge on any atom is -0.378 e. The number of hydrazone groups is 1. The van der Waals surface area contributed by atoms with Gasteiger partial charge in [-0.05, 0) is 36.5 Å². The predicted octanol–water partition coefficient (Wildman–Crippen LogP) is 2.20. The highest BCUT2D eigenvalue weighted by molar-refractivity contribution is 5.99. The van der Waals surface area contributed by atoms with E-state index in [4.69, 9.17) is 4.74 Å². The zero-order valence-corrected chi connectivity index (χ0v) is 14.3. The molecule has 1 aliphatic heterocycles. The zero-order valence-electron chi connectivity index (χ0n) is 14.3. The van der Waals surface area contributed by atoms with Crippen LogP contribution in [-0.4, -0.2) is 47.8 Å². The summed E-state index contributed by atoms with van der Waals surface area (Å²) in [6.07, 6.45) is 7.15. The Morgan fingerprint density at radius 2 is 2.12 bits per heavy atom. The fourth-order valence-electron chi connectivity index (χ4n) is 3.15. The quantitative estimate of drug-likeness (QED) is 0.864. The summed E-state index contributed by atoms with van der Waals surface area (Å²) in [4.78, 5) is 18.4. The summed E-state index contributed by atoms with van der Waals surface area (Å²) in [5.74, 6) is -0.236. The normalized spacial score (nSPS) is 22.2. The van der Waals surface area contributed by atoms with Crippen LogP contribution in [0.15, 0.2) is 41.4 Å². The van der Waals surface area contributed by atoms with Crippen molar-refractivity contribution in [2.45, 2.75) is 26.7 Å². The van der Waals surface area contributed by atoms with Crippen molar-refractivity contribution in [1.82, 2.24) is 15.3 Å². The number of pyridine rings is 1. The van der Waals surface area contributed by atoms with Gasteiger partial charge in [-0.25, -0.2) is 5.43 Å². The number of nitrogens with one attached hydrogen (secondary N) is 1. The Hall–Kier alpha value is -2.21.